The van der Waals surface area contributed by atoms with Gasteiger partial charge in [-0.2, -0.15) is 0 Å². The Morgan fingerprint density at radius 1 is 0.900 bits per heavy atom. The summed E-state index contributed by atoms with van der Waals surface area (Å²) in [5.74, 6) is -0.275. The molecule has 0 atom stereocenters. The third kappa shape index (κ3) is 3.18. The Morgan fingerprint density at radius 2 is 1.63 bits per heavy atom. The zero-order valence-corrected chi connectivity index (χ0v) is 16.5. The lowest BCUT2D eigenvalue weighted by Crippen LogP contribution is -2.23. The number of hydrogen-bond donors (Lipinski definition) is 0. The number of halogens is 1. The molecule has 0 unspecified atom stereocenters. The third-order valence-corrected chi connectivity index (χ3v) is 5.43. The number of aromatic nitrogens is 3. The summed E-state index contributed by atoms with van der Waals surface area (Å²) in [5, 5.41) is 0.955. The Hall–Kier alpha value is -3.73. The van der Waals surface area contributed by atoms with Gasteiger partial charge in [-0.25, -0.2) is 9.37 Å². The molecule has 2 aromatic heterocycles. The highest BCUT2D eigenvalue weighted by Gasteiger charge is 2.17. The molecule has 5 rings (SSSR count). The molecule has 0 aliphatic carbocycles. The van der Waals surface area contributed by atoms with E-state index in [1.54, 1.807) is 23.0 Å². The lowest BCUT2D eigenvalue weighted by molar-refractivity contribution is 0.626. The number of benzene rings is 3. The number of aryl methyl sites for hydroxylation is 1. The van der Waals surface area contributed by atoms with Crippen molar-refractivity contribution in [3.63, 3.8) is 0 Å². The summed E-state index contributed by atoms with van der Waals surface area (Å²) >= 11 is 0. The molecule has 0 saturated heterocycles. The van der Waals surface area contributed by atoms with Crippen LogP contribution in [0.4, 0.5) is 4.39 Å². The molecular formula is C25H20FN3O. The molecule has 0 N–H and O–H groups in total. The molecule has 148 valence electrons. The highest BCUT2D eigenvalue weighted by Crippen LogP contribution is 2.27. The van der Waals surface area contributed by atoms with Crippen LogP contribution in [0.1, 0.15) is 16.7 Å². The van der Waals surface area contributed by atoms with Gasteiger partial charge in [-0.15, -0.1) is 0 Å². The molecule has 5 aromatic rings. The predicted molar refractivity (Wildman–Crippen MR) is 117 cm³/mol. The molecule has 0 amide bonds. The first-order chi connectivity index (χ1) is 14.6. The monoisotopic (exact) mass is 397 g/mol. The van der Waals surface area contributed by atoms with E-state index >= 15 is 0 Å². The summed E-state index contributed by atoms with van der Waals surface area (Å²) < 4.78 is 17.0. The minimum Gasteiger partial charge on any atom is -0.330 e. The molecule has 0 saturated carbocycles. The van der Waals surface area contributed by atoms with E-state index in [0.717, 1.165) is 27.6 Å². The molecular weight excluding hydrogens is 377 g/mol. The summed E-state index contributed by atoms with van der Waals surface area (Å²) in [4.78, 5) is 18.2. The van der Waals surface area contributed by atoms with Gasteiger partial charge in [0.1, 0.15) is 16.9 Å². The maximum Gasteiger partial charge on any atom is 0.278 e. The molecule has 0 aliphatic heterocycles. The van der Waals surface area contributed by atoms with Crippen LogP contribution >= 0.6 is 0 Å². The second-order valence-corrected chi connectivity index (χ2v) is 7.59. The van der Waals surface area contributed by atoms with Crippen molar-refractivity contribution in [2.45, 2.75) is 20.0 Å². The predicted octanol–water partition coefficient (Wildman–Crippen LogP) is 4.90. The van der Waals surface area contributed by atoms with Crippen molar-refractivity contribution >= 4 is 21.9 Å². The van der Waals surface area contributed by atoms with E-state index in [2.05, 4.69) is 11.1 Å². The maximum absolute atomic E-state index is 13.5. The van der Waals surface area contributed by atoms with Crippen LogP contribution in [0.25, 0.3) is 21.9 Å². The number of rotatable bonds is 4. The van der Waals surface area contributed by atoms with Crippen LogP contribution in [0.3, 0.4) is 0 Å². The first-order valence-corrected chi connectivity index (χ1v) is 9.86. The fourth-order valence-corrected chi connectivity index (χ4v) is 3.94. The van der Waals surface area contributed by atoms with E-state index in [0.29, 0.717) is 24.1 Å². The SMILES string of the molecule is Cc1ccc2c(c1)c1ncn(Cc3ccccc3)c(=O)c1n2Cc1ccc(F)cc1. The van der Waals surface area contributed by atoms with Gasteiger partial charge >= 0.3 is 0 Å². The molecule has 4 nitrogen and oxygen atoms in total. The van der Waals surface area contributed by atoms with Crippen LogP contribution in [0.15, 0.2) is 83.9 Å². The van der Waals surface area contributed by atoms with Crippen LogP contribution in [0, 0.1) is 12.7 Å². The van der Waals surface area contributed by atoms with Gasteiger partial charge in [0.15, 0.2) is 0 Å². The average molecular weight is 397 g/mol. The Kier molecular flexibility index (Phi) is 4.43. The minimum atomic E-state index is -0.275. The van der Waals surface area contributed by atoms with Crippen LogP contribution in [-0.2, 0) is 13.1 Å². The van der Waals surface area contributed by atoms with Crippen molar-refractivity contribution in [2.75, 3.05) is 0 Å². The molecule has 0 spiro atoms. The van der Waals surface area contributed by atoms with E-state index in [1.807, 2.05) is 54.0 Å². The molecule has 0 radical (unpaired) electrons. The van der Waals surface area contributed by atoms with Crippen molar-refractivity contribution in [3.05, 3.63) is 112 Å². The Labute approximate surface area is 172 Å². The second-order valence-electron chi connectivity index (χ2n) is 7.59. The van der Waals surface area contributed by atoms with E-state index in [-0.39, 0.29) is 11.4 Å². The van der Waals surface area contributed by atoms with Crippen molar-refractivity contribution in [1.29, 1.82) is 0 Å². The van der Waals surface area contributed by atoms with Crippen LogP contribution in [0.2, 0.25) is 0 Å². The van der Waals surface area contributed by atoms with Gasteiger partial charge in [-0.1, -0.05) is 54.1 Å². The van der Waals surface area contributed by atoms with Crippen molar-refractivity contribution in [3.8, 4) is 0 Å². The first-order valence-electron chi connectivity index (χ1n) is 9.86. The van der Waals surface area contributed by atoms with Gasteiger partial charge in [-0.05, 0) is 42.3 Å². The summed E-state index contributed by atoms with van der Waals surface area (Å²) in [6.07, 6.45) is 1.63. The summed E-state index contributed by atoms with van der Waals surface area (Å²) in [7, 11) is 0. The average Bonchev–Trinajstić information content (AvgIpc) is 3.06. The zero-order chi connectivity index (χ0) is 20.7. The fourth-order valence-electron chi connectivity index (χ4n) is 3.94. The van der Waals surface area contributed by atoms with Crippen LogP contribution in [0.5, 0.6) is 0 Å². The van der Waals surface area contributed by atoms with Gasteiger partial charge in [0.2, 0.25) is 0 Å². The molecule has 0 fully saturated rings. The Morgan fingerprint density at radius 3 is 2.40 bits per heavy atom. The largest absolute Gasteiger partial charge is 0.330 e. The first kappa shape index (κ1) is 18.3. The molecule has 30 heavy (non-hydrogen) atoms. The van der Waals surface area contributed by atoms with E-state index in [4.69, 9.17) is 0 Å². The van der Waals surface area contributed by atoms with Crippen molar-refractivity contribution in [1.82, 2.24) is 14.1 Å². The molecule has 2 heterocycles. The van der Waals surface area contributed by atoms with E-state index in [9.17, 15) is 9.18 Å². The smallest absolute Gasteiger partial charge is 0.278 e. The van der Waals surface area contributed by atoms with Gasteiger partial charge in [0, 0.05) is 11.9 Å². The maximum atomic E-state index is 13.5. The molecule has 0 bridgehead atoms. The van der Waals surface area contributed by atoms with Gasteiger partial charge in [-0.3, -0.25) is 9.36 Å². The molecule has 5 heteroatoms. The Bertz CT molecular complexity index is 1420. The molecule has 0 aliphatic rings. The standard InChI is InChI=1S/C25H20FN3O/c1-17-7-12-22-21(13-17)23-24(29(22)15-19-8-10-20(26)11-9-19)25(30)28(16-27-23)14-18-5-3-2-4-6-18/h2-13,16H,14-15H2,1H3. The summed E-state index contributed by atoms with van der Waals surface area (Å²) in [6.45, 7) is 2.95. The lowest BCUT2D eigenvalue weighted by atomic mass is 10.1. The molecule has 3 aromatic carbocycles. The number of fused-ring (bicyclic) bond motifs is 3. The Balaban J connectivity index is 1.73. The van der Waals surface area contributed by atoms with E-state index in [1.165, 1.54) is 12.1 Å². The summed E-state index contributed by atoms with van der Waals surface area (Å²) in [5.41, 5.74) is 5.20. The fraction of sp³-hybridized carbons (Fsp3) is 0.120. The minimum absolute atomic E-state index is 0.0835. The van der Waals surface area contributed by atoms with Crippen LogP contribution in [-0.4, -0.2) is 14.1 Å². The highest BCUT2D eigenvalue weighted by atomic mass is 19.1. The second kappa shape index (κ2) is 7.26. The zero-order valence-electron chi connectivity index (χ0n) is 16.5. The van der Waals surface area contributed by atoms with E-state index < -0.39 is 0 Å². The van der Waals surface area contributed by atoms with Gasteiger partial charge in [0.25, 0.3) is 5.56 Å². The van der Waals surface area contributed by atoms with Crippen molar-refractivity contribution < 1.29 is 4.39 Å². The van der Waals surface area contributed by atoms with Gasteiger partial charge in [0.05, 0.1) is 18.4 Å². The quantitative estimate of drug-likeness (QED) is 0.433. The summed E-state index contributed by atoms with van der Waals surface area (Å²) in [6, 6.07) is 22.4. The van der Waals surface area contributed by atoms with Gasteiger partial charge < -0.3 is 4.57 Å². The normalized spacial score (nSPS) is 11.4. The third-order valence-electron chi connectivity index (χ3n) is 5.43. The number of nitrogens with zero attached hydrogens (tertiary/aromatic N) is 3. The highest BCUT2D eigenvalue weighted by molar-refractivity contribution is 6.05. The lowest BCUT2D eigenvalue weighted by Gasteiger charge is -2.09. The van der Waals surface area contributed by atoms with Crippen LogP contribution < -0.4 is 5.56 Å². The topological polar surface area (TPSA) is 39.8 Å². The number of hydrogen-bond acceptors (Lipinski definition) is 2. The van der Waals surface area contributed by atoms with Crippen molar-refractivity contribution in [2.24, 2.45) is 0 Å².